The number of para-hydroxylation sites is 1. The standard InChI is InChI=1S/C20H18N2O5.Na/c1-2-20(27,19(25)26)14-8-16-17-12(9-22(16)18(24)13(14)10-23)7-11-5-3-4-6-15(11)21-17;/h3-8,23,27H,2,9-10H2,1H3,(H,25,26);/q;+1/p-1/t20-;/m1./s1. The molecule has 0 radical (unpaired) electrons. The van der Waals surface area contributed by atoms with E-state index in [4.69, 9.17) is 0 Å². The van der Waals surface area contributed by atoms with E-state index in [2.05, 4.69) is 4.98 Å². The fourth-order valence-electron chi connectivity index (χ4n) is 3.68. The number of hydrogen-bond acceptors (Lipinski definition) is 6. The number of rotatable bonds is 4. The second kappa shape index (κ2) is 7.42. The molecule has 0 amide bonds. The van der Waals surface area contributed by atoms with Gasteiger partial charge < -0.3 is 24.7 Å². The van der Waals surface area contributed by atoms with E-state index in [0.717, 1.165) is 16.5 Å². The second-order valence-corrected chi connectivity index (χ2v) is 6.66. The van der Waals surface area contributed by atoms with E-state index in [1.807, 2.05) is 30.3 Å². The Morgan fingerprint density at radius 2 is 2.04 bits per heavy atom. The van der Waals surface area contributed by atoms with Gasteiger partial charge in [-0.3, -0.25) is 4.79 Å². The molecule has 1 aliphatic heterocycles. The van der Waals surface area contributed by atoms with Gasteiger partial charge in [-0.25, -0.2) is 4.98 Å². The van der Waals surface area contributed by atoms with Crippen LogP contribution in [0.3, 0.4) is 0 Å². The Morgan fingerprint density at radius 3 is 2.68 bits per heavy atom. The van der Waals surface area contributed by atoms with E-state index in [9.17, 15) is 24.9 Å². The summed E-state index contributed by atoms with van der Waals surface area (Å²) in [5.74, 6) is -1.71. The number of carboxylic acids is 1. The molecule has 28 heavy (non-hydrogen) atoms. The molecule has 0 fully saturated rings. The van der Waals surface area contributed by atoms with Crippen molar-refractivity contribution in [2.24, 2.45) is 0 Å². The predicted octanol–water partition coefficient (Wildman–Crippen LogP) is -2.73. The molecule has 138 valence electrons. The van der Waals surface area contributed by atoms with Crippen LogP contribution in [0.5, 0.6) is 0 Å². The van der Waals surface area contributed by atoms with Gasteiger partial charge in [0, 0.05) is 22.1 Å². The van der Waals surface area contributed by atoms with E-state index in [0.29, 0.717) is 11.4 Å². The average Bonchev–Trinajstić information content (AvgIpc) is 3.03. The van der Waals surface area contributed by atoms with Gasteiger partial charge in [0.15, 0.2) is 0 Å². The monoisotopic (exact) mass is 388 g/mol. The third-order valence-corrected chi connectivity index (χ3v) is 5.23. The van der Waals surface area contributed by atoms with Gasteiger partial charge in [-0.05, 0) is 24.6 Å². The summed E-state index contributed by atoms with van der Waals surface area (Å²) >= 11 is 0. The van der Waals surface area contributed by atoms with Gasteiger partial charge in [0.1, 0.15) is 5.60 Å². The first-order valence-corrected chi connectivity index (χ1v) is 8.61. The summed E-state index contributed by atoms with van der Waals surface area (Å²) in [4.78, 5) is 29.1. The van der Waals surface area contributed by atoms with Crippen LogP contribution in [0.25, 0.3) is 22.3 Å². The zero-order valence-electron chi connectivity index (χ0n) is 15.6. The molecule has 0 bridgehead atoms. The molecule has 0 saturated heterocycles. The number of fused-ring (bicyclic) bond motifs is 4. The number of carbonyl (C=O) groups is 1. The summed E-state index contributed by atoms with van der Waals surface area (Å²) in [6, 6.07) is 10.9. The van der Waals surface area contributed by atoms with Crippen molar-refractivity contribution < 1.29 is 49.7 Å². The Bertz CT molecular complexity index is 1160. The van der Waals surface area contributed by atoms with Crippen LogP contribution in [0.4, 0.5) is 0 Å². The quantitative estimate of drug-likeness (QED) is 0.367. The van der Waals surface area contributed by atoms with Crippen molar-refractivity contribution in [2.45, 2.75) is 32.1 Å². The predicted molar refractivity (Wildman–Crippen MR) is 95.7 cm³/mol. The first-order chi connectivity index (χ1) is 12.9. The van der Waals surface area contributed by atoms with E-state index in [-0.39, 0.29) is 53.6 Å². The molecule has 0 saturated carbocycles. The van der Waals surface area contributed by atoms with Gasteiger partial charge in [-0.15, -0.1) is 0 Å². The maximum atomic E-state index is 12.9. The number of carboxylic acid groups (broad SMARTS) is 1. The molecule has 0 unspecified atom stereocenters. The van der Waals surface area contributed by atoms with Crippen molar-refractivity contribution in [1.29, 1.82) is 0 Å². The van der Waals surface area contributed by atoms with Crippen LogP contribution in [0.1, 0.15) is 30.0 Å². The minimum Gasteiger partial charge on any atom is -0.547 e. The molecule has 4 rings (SSSR count). The summed E-state index contributed by atoms with van der Waals surface area (Å²) in [6.45, 7) is 1.06. The number of carbonyl (C=O) groups excluding carboxylic acids is 1. The fourth-order valence-corrected chi connectivity index (χ4v) is 3.68. The Labute approximate surface area is 182 Å². The summed E-state index contributed by atoms with van der Waals surface area (Å²) in [5.41, 5.74) is -0.659. The van der Waals surface area contributed by atoms with Crippen LogP contribution in [-0.2, 0) is 23.5 Å². The van der Waals surface area contributed by atoms with Crippen LogP contribution >= 0.6 is 0 Å². The van der Waals surface area contributed by atoms with E-state index in [1.165, 1.54) is 17.6 Å². The maximum Gasteiger partial charge on any atom is 1.00 e. The number of pyridine rings is 2. The number of aliphatic hydroxyl groups excluding tert-OH is 1. The van der Waals surface area contributed by atoms with E-state index >= 15 is 0 Å². The molecule has 0 spiro atoms. The minimum atomic E-state index is -2.37. The van der Waals surface area contributed by atoms with Crippen molar-refractivity contribution >= 4 is 16.9 Å². The summed E-state index contributed by atoms with van der Waals surface area (Å²) in [7, 11) is 0. The molecule has 7 nitrogen and oxygen atoms in total. The number of hydrogen-bond donors (Lipinski definition) is 2. The van der Waals surface area contributed by atoms with Gasteiger partial charge in [0.2, 0.25) is 0 Å². The molecule has 1 atom stereocenters. The third kappa shape index (κ3) is 2.91. The number of aliphatic hydroxyl groups is 2. The maximum absolute atomic E-state index is 12.9. The van der Waals surface area contributed by atoms with Crippen molar-refractivity contribution in [3.8, 4) is 11.4 Å². The van der Waals surface area contributed by atoms with Gasteiger partial charge in [0.25, 0.3) is 5.56 Å². The Morgan fingerprint density at radius 1 is 1.32 bits per heavy atom. The molecule has 0 aliphatic carbocycles. The van der Waals surface area contributed by atoms with E-state index in [1.54, 1.807) is 0 Å². The molecular weight excluding hydrogens is 371 g/mol. The SMILES string of the molecule is CC[C@](O)(C(=O)[O-])c1cc2n(c(=O)c1CO)Cc1cc3ccccc3nc1-2.[Na+]. The molecule has 3 aromatic rings. The minimum absolute atomic E-state index is 0. The Balaban J connectivity index is 0.00000225. The van der Waals surface area contributed by atoms with Crippen LogP contribution in [0, 0.1) is 0 Å². The zero-order valence-corrected chi connectivity index (χ0v) is 17.6. The van der Waals surface area contributed by atoms with Crippen molar-refractivity contribution in [2.75, 3.05) is 0 Å². The molecule has 2 aromatic heterocycles. The molecule has 1 aromatic carbocycles. The number of aliphatic carboxylic acids is 1. The first kappa shape index (κ1) is 20.7. The molecule has 3 heterocycles. The molecule has 2 N–H and O–H groups in total. The zero-order chi connectivity index (χ0) is 19.3. The Hall–Kier alpha value is -2.03. The van der Waals surface area contributed by atoms with E-state index < -0.39 is 23.7 Å². The topological polar surface area (TPSA) is 115 Å². The van der Waals surface area contributed by atoms with Gasteiger partial charge >= 0.3 is 29.6 Å². The largest absolute Gasteiger partial charge is 1.00 e. The number of aromatic nitrogens is 2. The first-order valence-electron chi connectivity index (χ1n) is 8.61. The van der Waals surface area contributed by atoms with Crippen molar-refractivity contribution in [3.63, 3.8) is 0 Å². The van der Waals surface area contributed by atoms with Crippen molar-refractivity contribution in [3.05, 3.63) is 63.4 Å². The second-order valence-electron chi connectivity index (χ2n) is 6.66. The number of nitrogens with zero attached hydrogens (tertiary/aromatic N) is 2. The summed E-state index contributed by atoms with van der Waals surface area (Å²) in [6.07, 6.45) is -0.205. The smallest absolute Gasteiger partial charge is 0.547 e. The van der Waals surface area contributed by atoms with Gasteiger partial charge in [-0.1, -0.05) is 25.1 Å². The summed E-state index contributed by atoms with van der Waals surface area (Å²) < 4.78 is 1.44. The van der Waals surface area contributed by atoms with Crippen LogP contribution in [-0.4, -0.2) is 25.7 Å². The van der Waals surface area contributed by atoms with Crippen LogP contribution in [0.2, 0.25) is 0 Å². The summed E-state index contributed by atoms with van der Waals surface area (Å²) in [5, 5.41) is 32.8. The molecule has 1 aliphatic rings. The van der Waals surface area contributed by atoms with Crippen LogP contribution in [0.15, 0.2) is 41.2 Å². The normalized spacial score (nSPS) is 14.1. The average molecular weight is 388 g/mol. The molecular formula is C20H17N2NaO5. The van der Waals surface area contributed by atoms with Crippen molar-refractivity contribution in [1.82, 2.24) is 9.55 Å². The fraction of sp³-hybridized carbons (Fsp3) is 0.250. The van der Waals surface area contributed by atoms with Crippen LogP contribution < -0.4 is 40.2 Å². The van der Waals surface area contributed by atoms with Gasteiger partial charge in [-0.2, -0.15) is 0 Å². The number of benzene rings is 1. The third-order valence-electron chi connectivity index (χ3n) is 5.23. The molecule has 8 heteroatoms. The van der Waals surface area contributed by atoms with Gasteiger partial charge in [0.05, 0.1) is 36.0 Å². The Kier molecular flexibility index (Phi) is 5.49.